The van der Waals surface area contributed by atoms with E-state index in [4.69, 9.17) is 4.42 Å². The summed E-state index contributed by atoms with van der Waals surface area (Å²) in [6.07, 6.45) is 5.74. The molecular weight excluding hydrogens is 298 g/mol. The molecule has 0 atom stereocenters. The molecule has 116 valence electrons. The van der Waals surface area contributed by atoms with Crippen LogP contribution in [0.25, 0.3) is 5.69 Å². The first-order valence-electron chi connectivity index (χ1n) is 6.78. The van der Waals surface area contributed by atoms with Crippen molar-refractivity contribution in [2.75, 3.05) is 11.9 Å². The minimum atomic E-state index is -0.365. The van der Waals surface area contributed by atoms with E-state index < -0.39 is 0 Å². The number of hydrogen-bond donors (Lipinski definition) is 2. The van der Waals surface area contributed by atoms with Crippen LogP contribution in [0.4, 0.5) is 5.69 Å². The molecule has 2 N–H and O–H groups in total. The molecule has 1 aromatic carbocycles. The Morgan fingerprint density at radius 3 is 2.65 bits per heavy atom. The summed E-state index contributed by atoms with van der Waals surface area (Å²) in [5.41, 5.74) is 1.82. The number of rotatable bonds is 5. The fourth-order valence-electron chi connectivity index (χ4n) is 1.90. The van der Waals surface area contributed by atoms with Crippen LogP contribution in [0, 0.1) is 0 Å². The van der Waals surface area contributed by atoms with Crippen molar-refractivity contribution in [1.82, 2.24) is 20.1 Å². The number of amides is 2. The molecule has 8 heteroatoms. The minimum absolute atomic E-state index is 0.130. The van der Waals surface area contributed by atoms with Crippen molar-refractivity contribution in [3.8, 4) is 5.69 Å². The van der Waals surface area contributed by atoms with E-state index in [1.165, 1.54) is 24.9 Å². The molecule has 0 aliphatic rings. The summed E-state index contributed by atoms with van der Waals surface area (Å²) in [4.78, 5) is 27.4. The summed E-state index contributed by atoms with van der Waals surface area (Å²) >= 11 is 0. The zero-order valence-electron chi connectivity index (χ0n) is 12.0. The summed E-state index contributed by atoms with van der Waals surface area (Å²) in [5, 5.41) is 9.21. The molecule has 0 radical (unpaired) electrons. The van der Waals surface area contributed by atoms with Gasteiger partial charge in [0.05, 0.1) is 24.1 Å². The quantitative estimate of drug-likeness (QED) is 0.738. The third kappa shape index (κ3) is 3.62. The van der Waals surface area contributed by atoms with Crippen molar-refractivity contribution >= 4 is 17.5 Å². The van der Waals surface area contributed by atoms with Crippen LogP contribution in [-0.4, -0.2) is 33.1 Å². The first-order valence-corrected chi connectivity index (χ1v) is 6.78. The van der Waals surface area contributed by atoms with Crippen molar-refractivity contribution in [1.29, 1.82) is 0 Å². The highest BCUT2D eigenvalue weighted by Crippen LogP contribution is 2.11. The second kappa shape index (κ2) is 6.56. The van der Waals surface area contributed by atoms with E-state index >= 15 is 0 Å². The van der Waals surface area contributed by atoms with Gasteiger partial charge in [-0.1, -0.05) is 0 Å². The van der Waals surface area contributed by atoms with E-state index in [2.05, 4.69) is 20.7 Å². The molecule has 2 amide bonds. The predicted molar refractivity (Wildman–Crippen MR) is 81.0 cm³/mol. The van der Waals surface area contributed by atoms with Crippen molar-refractivity contribution in [3.05, 3.63) is 61.1 Å². The van der Waals surface area contributed by atoms with E-state index in [1.807, 2.05) is 0 Å². The van der Waals surface area contributed by atoms with Gasteiger partial charge in [-0.05, 0) is 30.3 Å². The van der Waals surface area contributed by atoms with Gasteiger partial charge in [-0.15, -0.1) is 0 Å². The molecule has 0 spiro atoms. The van der Waals surface area contributed by atoms with Gasteiger partial charge in [0, 0.05) is 5.69 Å². The maximum atomic E-state index is 11.8. The number of carbonyl (C=O) groups excluding carboxylic acids is 2. The second-order valence-corrected chi connectivity index (χ2v) is 4.63. The van der Waals surface area contributed by atoms with Crippen molar-refractivity contribution in [2.24, 2.45) is 0 Å². The average molecular weight is 311 g/mol. The molecule has 0 bridgehead atoms. The smallest absolute Gasteiger partial charge is 0.254 e. The van der Waals surface area contributed by atoms with Crippen LogP contribution >= 0.6 is 0 Å². The van der Waals surface area contributed by atoms with Crippen LogP contribution in [0.5, 0.6) is 0 Å². The fourth-order valence-corrected chi connectivity index (χ4v) is 1.90. The lowest BCUT2D eigenvalue weighted by Gasteiger charge is -2.07. The van der Waals surface area contributed by atoms with Gasteiger partial charge in [-0.3, -0.25) is 9.59 Å². The molecular formula is C15H13N5O3. The Morgan fingerprint density at radius 2 is 2.00 bits per heavy atom. The Kier molecular flexibility index (Phi) is 4.14. The molecule has 0 aliphatic carbocycles. The number of nitrogens with zero attached hydrogens (tertiary/aromatic N) is 3. The van der Waals surface area contributed by atoms with Gasteiger partial charge >= 0.3 is 0 Å². The maximum Gasteiger partial charge on any atom is 0.254 e. The Morgan fingerprint density at radius 1 is 1.17 bits per heavy atom. The van der Waals surface area contributed by atoms with E-state index in [1.54, 1.807) is 35.3 Å². The number of nitrogens with one attached hydrogen (secondary N) is 2. The zero-order valence-corrected chi connectivity index (χ0v) is 12.0. The standard InChI is InChI=1S/C15H13N5O3/c21-14(7-17-15(22)11-5-6-23-8-11)19-12-1-3-13(4-2-12)20-10-16-9-18-20/h1-6,8-10H,7H2,(H,17,22)(H,19,21). The summed E-state index contributed by atoms with van der Waals surface area (Å²) in [5.74, 6) is -0.689. The Bertz CT molecular complexity index is 779. The molecule has 0 saturated heterocycles. The van der Waals surface area contributed by atoms with Gasteiger partial charge < -0.3 is 15.1 Å². The van der Waals surface area contributed by atoms with Crippen molar-refractivity contribution < 1.29 is 14.0 Å². The molecule has 3 rings (SSSR count). The largest absolute Gasteiger partial charge is 0.472 e. The molecule has 0 fully saturated rings. The Balaban J connectivity index is 1.53. The highest BCUT2D eigenvalue weighted by atomic mass is 16.3. The molecule has 0 aliphatic heterocycles. The number of aromatic nitrogens is 3. The summed E-state index contributed by atoms with van der Waals surface area (Å²) < 4.78 is 6.41. The van der Waals surface area contributed by atoms with Gasteiger partial charge in [0.25, 0.3) is 5.91 Å². The lowest BCUT2D eigenvalue weighted by molar-refractivity contribution is -0.115. The first-order chi connectivity index (χ1) is 11.2. The number of carbonyl (C=O) groups is 2. The fraction of sp³-hybridized carbons (Fsp3) is 0.0667. The van der Waals surface area contributed by atoms with Gasteiger partial charge in [0.1, 0.15) is 18.9 Å². The third-order valence-electron chi connectivity index (χ3n) is 3.03. The highest BCUT2D eigenvalue weighted by molar-refractivity contribution is 5.99. The maximum absolute atomic E-state index is 11.8. The van der Waals surface area contributed by atoms with Gasteiger partial charge in [0.15, 0.2) is 0 Å². The van der Waals surface area contributed by atoms with Crippen LogP contribution in [0.15, 0.2) is 59.9 Å². The number of benzene rings is 1. The Labute approximate surface area is 131 Å². The monoisotopic (exact) mass is 311 g/mol. The van der Waals surface area contributed by atoms with E-state index in [9.17, 15) is 9.59 Å². The summed E-state index contributed by atoms with van der Waals surface area (Å²) in [6, 6.07) is 8.61. The molecule has 0 unspecified atom stereocenters. The van der Waals surface area contributed by atoms with Crippen LogP contribution in [0.1, 0.15) is 10.4 Å². The second-order valence-electron chi connectivity index (χ2n) is 4.63. The van der Waals surface area contributed by atoms with Crippen LogP contribution in [0.2, 0.25) is 0 Å². The molecule has 8 nitrogen and oxygen atoms in total. The SMILES string of the molecule is O=C(CNC(=O)c1ccoc1)Nc1ccc(-n2cncn2)cc1. The van der Waals surface area contributed by atoms with Gasteiger partial charge in [0.2, 0.25) is 5.91 Å². The topological polar surface area (TPSA) is 102 Å². The number of furan rings is 1. The molecule has 23 heavy (non-hydrogen) atoms. The number of anilines is 1. The molecule has 2 heterocycles. The van der Waals surface area contributed by atoms with E-state index in [0.29, 0.717) is 11.3 Å². The van der Waals surface area contributed by atoms with Gasteiger partial charge in [-0.25, -0.2) is 9.67 Å². The van der Waals surface area contributed by atoms with Gasteiger partial charge in [-0.2, -0.15) is 5.10 Å². The van der Waals surface area contributed by atoms with Crippen LogP contribution in [0.3, 0.4) is 0 Å². The predicted octanol–water partition coefficient (Wildman–Crippen LogP) is 1.23. The number of hydrogen-bond acceptors (Lipinski definition) is 5. The highest BCUT2D eigenvalue weighted by Gasteiger charge is 2.09. The minimum Gasteiger partial charge on any atom is -0.472 e. The molecule has 2 aromatic heterocycles. The molecule has 0 saturated carbocycles. The van der Waals surface area contributed by atoms with Crippen LogP contribution < -0.4 is 10.6 Å². The summed E-state index contributed by atoms with van der Waals surface area (Å²) in [6.45, 7) is -0.130. The summed E-state index contributed by atoms with van der Waals surface area (Å²) in [7, 11) is 0. The van der Waals surface area contributed by atoms with E-state index in [0.717, 1.165) is 5.69 Å². The third-order valence-corrected chi connectivity index (χ3v) is 3.03. The lowest BCUT2D eigenvalue weighted by Crippen LogP contribution is -2.32. The molecule has 3 aromatic rings. The van der Waals surface area contributed by atoms with Crippen LogP contribution in [-0.2, 0) is 4.79 Å². The normalized spacial score (nSPS) is 10.3. The van der Waals surface area contributed by atoms with Crippen molar-refractivity contribution in [3.63, 3.8) is 0 Å². The first kappa shape index (κ1) is 14.5. The van der Waals surface area contributed by atoms with Crippen molar-refractivity contribution in [2.45, 2.75) is 0 Å². The lowest BCUT2D eigenvalue weighted by atomic mass is 10.3. The average Bonchev–Trinajstić information content (AvgIpc) is 3.26. The zero-order chi connectivity index (χ0) is 16.1. The van der Waals surface area contributed by atoms with E-state index in [-0.39, 0.29) is 18.4 Å². The Hall–Kier alpha value is -3.42.